The Kier molecular flexibility index (Phi) is 6.65. The number of hydrogen-bond acceptors (Lipinski definition) is 6. The van der Waals surface area contributed by atoms with Crippen LogP contribution in [0.4, 0.5) is 5.82 Å². The molecule has 2 aromatic rings. The molecule has 1 heterocycles. The van der Waals surface area contributed by atoms with Crippen LogP contribution < -0.4 is 5.32 Å². The highest BCUT2D eigenvalue weighted by Gasteiger charge is 2.24. The second kappa shape index (κ2) is 8.74. The number of carbonyl (C=O) groups is 2. The molecule has 0 bridgehead atoms. The first-order valence-electron chi connectivity index (χ1n) is 8.06. The van der Waals surface area contributed by atoms with E-state index in [1.807, 2.05) is 0 Å². The molecule has 1 N–H and O–H groups in total. The number of esters is 1. The first-order valence-corrected chi connectivity index (χ1v) is 9.67. The average molecular weight is 391 g/mol. The van der Waals surface area contributed by atoms with E-state index in [1.165, 1.54) is 26.3 Å². The number of ether oxygens (including phenoxy) is 1. The van der Waals surface area contributed by atoms with E-state index in [4.69, 9.17) is 0 Å². The van der Waals surface area contributed by atoms with Crippen LogP contribution in [0.1, 0.15) is 21.6 Å². The lowest BCUT2D eigenvalue weighted by Gasteiger charge is -2.17. The zero-order chi connectivity index (χ0) is 20.0. The summed E-state index contributed by atoms with van der Waals surface area (Å²) in [4.78, 5) is 28.1. The van der Waals surface area contributed by atoms with Crippen molar-refractivity contribution in [2.75, 3.05) is 26.0 Å². The summed E-state index contributed by atoms with van der Waals surface area (Å²) in [6.07, 6.45) is 0. The molecular weight excluding hydrogens is 370 g/mol. The van der Waals surface area contributed by atoms with Gasteiger partial charge in [-0.25, -0.2) is 18.2 Å². The Bertz CT molecular complexity index is 944. The van der Waals surface area contributed by atoms with Gasteiger partial charge in [0.1, 0.15) is 5.82 Å². The molecule has 0 radical (unpaired) electrons. The quantitative estimate of drug-likeness (QED) is 0.719. The van der Waals surface area contributed by atoms with Crippen molar-refractivity contribution < 1.29 is 22.7 Å². The lowest BCUT2D eigenvalue weighted by Crippen LogP contribution is -2.36. The monoisotopic (exact) mass is 391 g/mol. The topological polar surface area (TPSA) is 106 Å². The summed E-state index contributed by atoms with van der Waals surface area (Å²) in [5.41, 5.74) is 1.20. The predicted octanol–water partition coefficient (Wildman–Crippen LogP) is 1.58. The molecular formula is C18H21N3O5S. The Hall–Kier alpha value is -2.78. The second-order valence-electron chi connectivity index (χ2n) is 5.87. The average Bonchev–Trinajstić information content (AvgIpc) is 2.61. The van der Waals surface area contributed by atoms with Crippen LogP contribution in [0, 0.1) is 6.92 Å². The Labute approximate surface area is 158 Å². The molecule has 2 rings (SSSR count). The van der Waals surface area contributed by atoms with Gasteiger partial charge in [0.05, 0.1) is 25.0 Å². The summed E-state index contributed by atoms with van der Waals surface area (Å²) < 4.78 is 30.8. The fourth-order valence-electron chi connectivity index (χ4n) is 2.36. The summed E-state index contributed by atoms with van der Waals surface area (Å²) in [7, 11) is -1.30. The first kappa shape index (κ1) is 20.5. The number of aromatic nitrogens is 1. The van der Waals surface area contributed by atoms with Crippen LogP contribution >= 0.6 is 0 Å². The molecule has 0 aliphatic rings. The second-order valence-corrected chi connectivity index (χ2v) is 7.95. The SMILES string of the molecule is COC(=O)c1ccccc1CS(=O)(=O)N(C)CC(=O)Nc1cccc(C)n1. The first-order chi connectivity index (χ1) is 12.7. The van der Waals surface area contributed by atoms with E-state index in [9.17, 15) is 18.0 Å². The van der Waals surface area contributed by atoms with Crippen LogP contribution in [-0.4, -0.2) is 50.3 Å². The molecule has 0 saturated carbocycles. The highest BCUT2D eigenvalue weighted by molar-refractivity contribution is 7.88. The van der Waals surface area contributed by atoms with Crippen molar-refractivity contribution in [2.45, 2.75) is 12.7 Å². The van der Waals surface area contributed by atoms with Gasteiger partial charge in [-0.15, -0.1) is 0 Å². The molecule has 0 atom stereocenters. The number of hydrogen-bond donors (Lipinski definition) is 1. The van der Waals surface area contributed by atoms with Crippen LogP contribution in [0.5, 0.6) is 0 Å². The number of nitrogens with one attached hydrogen (secondary N) is 1. The summed E-state index contributed by atoms with van der Waals surface area (Å²) in [5.74, 6) is -1.21. The van der Waals surface area contributed by atoms with E-state index in [1.54, 1.807) is 37.3 Å². The summed E-state index contributed by atoms with van der Waals surface area (Å²) in [5, 5.41) is 2.56. The molecule has 1 aromatic carbocycles. The third kappa shape index (κ3) is 5.60. The van der Waals surface area contributed by atoms with Gasteiger partial charge in [0.15, 0.2) is 0 Å². The molecule has 144 valence electrons. The molecule has 8 nitrogen and oxygen atoms in total. The largest absolute Gasteiger partial charge is 0.465 e. The van der Waals surface area contributed by atoms with E-state index in [0.29, 0.717) is 11.4 Å². The summed E-state index contributed by atoms with van der Waals surface area (Å²) >= 11 is 0. The molecule has 1 amide bonds. The number of amides is 1. The smallest absolute Gasteiger partial charge is 0.338 e. The van der Waals surface area contributed by atoms with Gasteiger partial charge in [0.2, 0.25) is 15.9 Å². The summed E-state index contributed by atoms with van der Waals surface area (Å²) in [6, 6.07) is 11.4. The van der Waals surface area contributed by atoms with Crippen LogP contribution in [-0.2, 0) is 25.3 Å². The zero-order valence-corrected chi connectivity index (χ0v) is 16.1. The maximum atomic E-state index is 12.6. The van der Waals surface area contributed by atoms with E-state index >= 15 is 0 Å². The van der Waals surface area contributed by atoms with Crippen LogP contribution in [0.3, 0.4) is 0 Å². The van der Waals surface area contributed by atoms with Crippen molar-refractivity contribution in [2.24, 2.45) is 0 Å². The minimum absolute atomic E-state index is 0.172. The van der Waals surface area contributed by atoms with Crippen molar-refractivity contribution in [1.82, 2.24) is 9.29 Å². The molecule has 27 heavy (non-hydrogen) atoms. The minimum Gasteiger partial charge on any atom is -0.465 e. The third-order valence-electron chi connectivity index (χ3n) is 3.76. The third-order valence-corrected chi connectivity index (χ3v) is 5.51. The molecule has 0 aliphatic carbocycles. The number of aryl methyl sites for hydroxylation is 1. The maximum absolute atomic E-state index is 12.6. The predicted molar refractivity (Wildman–Crippen MR) is 101 cm³/mol. The van der Waals surface area contributed by atoms with Gasteiger partial charge in [-0.2, -0.15) is 4.31 Å². The minimum atomic E-state index is -3.83. The number of sulfonamides is 1. The number of rotatable bonds is 7. The molecule has 0 spiro atoms. The van der Waals surface area contributed by atoms with Gasteiger partial charge in [-0.1, -0.05) is 24.3 Å². The van der Waals surface area contributed by atoms with Gasteiger partial charge in [0, 0.05) is 12.7 Å². The number of methoxy groups -OCH3 is 1. The fourth-order valence-corrected chi connectivity index (χ4v) is 3.54. The molecule has 0 saturated heterocycles. The molecule has 0 unspecified atom stereocenters. The van der Waals surface area contributed by atoms with Gasteiger partial charge >= 0.3 is 5.97 Å². The van der Waals surface area contributed by atoms with Crippen LogP contribution in [0.2, 0.25) is 0 Å². The van der Waals surface area contributed by atoms with Gasteiger partial charge in [-0.3, -0.25) is 4.79 Å². The maximum Gasteiger partial charge on any atom is 0.338 e. The van der Waals surface area contributed by atoms with E-state index in [0.717, 1.165) is 10.00 Å². The van der Waals surface area contributed by atoms with E-state index in [-0.39, 0.29) is 12.1 Å². The van der Waals surface area contributed by atoms with Crippen LogP contribution in [0.15, 0.2) is 42.5 Å². The molecule has 0 aliphatic heterocycles. The Morgan fingerprint density at radius 3 is 2.52 bits per heavy atom. The normalized spacial score (nSPS) is 11.3. The molecule has 0 fully saturated rings. The van der Waals surface area contributed by atoms with E-state index in [2.05, 4.69) is 15.0 Å². The Morgan fingerprint density at radius 1 is 1.15 bits per heavy atom. The van der Waals surface area contributed by atoms with Gasteiger partial charge in [0.25, 0.3) is 0 Å². The number of carbonyl (C=O) groups excluding carboxylic acids is 2. The van der Waals surface area contributed by atoms with Gasteiger partial charge in [-0.05, 0) is 30.7 Å². The van der Waals surface area contributed by atoms with Crippen LogP contribution in [0.25, 0.3) is 0 Å². The Morgan fingerprint density at radius 2 is 1.85 bits per heavy atom. The zero-order valence-electron chi connectivity index (χ0n) is 15.3. The van der Waals surface area contributed by atoms with Crippen molar-refractivity contribution in [3.63, 3.8) is 0 Å². The highest BCUT2D eigenvalue weighted by atomic mass is 32.2. The number of nitrogens with zero attached hydrogens (tertiary/aromatic N) is 2. The lowest BCUT2D eigenvalue weighted by atomic mass is 10.1. The fraction of sp³-hybridized carbons (Fsp3) is 0.278. The van der Waals surface area contributed by atoms with Crippen molar-refractivity contribution in [3.05, 3.63) is 59.3 Å². The van der Waals surface area contributed by atoms with Crippen molar-refractivity contribution >= 4 is 27.7 Å². The van der Waals surface area contributed by atoms with Crippen molar-refractivity contribution in [1.29, 1.82) is 0 Å². The molecule has 1 aromatic heterocycles. The number of anilines is 1. The highest BCUT2D eigenvalue weighted by Crippen LogP contribution is 2.16. The standard InChI is InChI=1S/C18H21N3O5S/c1-13-7-6-10-16(19-13)20-17(22)11-21(2)27(24,25)12-14-8-4-5-9-15(14)18(23)26-3/h4-10H,11-12H2,1-3H3,(H,19,20,22). The Balaban J connectivity index is 2.08. The molecule has 9 heteroatoms. The van der Waals surface area contributed by atoms with E-state index < -0.39 is 27.7 Å². The number of benzene rings is 1. The summed E-state index contributed by atoms with van der Waals surface area (Å²) in [6.45, 7) is 1.41. The lowest BCUT2D eigenvalue weighted by molar-refractivity contribution is -0.116. The van der Waals surface area contributed by atoms with Crippen molar-refractivity contribution in [3.8, 4) is 0 Å². The number of pyridine rings is 1. The van der Waals surface area contributed by atoms with Gasteiger partial charge < -0.3 is 10.1 Å². The number of likely N-dealkylation sites (N-methyl/N-ethyl adjacent to an activating group) is 1.